The zero-order chi connectivity index (χ0) is 22.3. The second-order valence-corrected chi connectivity index (χ2v) is 15.8. The highest BCUT2D eigenvalue weighted by atomic mass is 35.5. The van der Waals surface area contributed by atoms with Gasteiger partial charge in [-0.05, 0) is 66.9 Å². The predicted molar refractivity (Wildman–Crippen MR) is 132 cm³/mol. The molecular weight excluding hydrogens is 429 g/mol. The van der Waals surface area contributed by atoms with Crippen LogP contribution in [-0.4, -0.2) is 25.8 Å². The summed E-state index contributed by atoms with van der Waals surface area (Å²) in [5.74, 6) is 0. The van der Waals surface area contributed by atoms with E-state index in [9.17, 15) is 0 Å². The van der Waals surface area contributed by atoms with Crippen molar-refractivity contribution >= 4 is 31.5 Å². The lowest BCUT2D eigenvalue weighted by Gasteiger charge is -2.47. The molecule has 0 aliphatic carbocycles. The van der Waals surface area contributed by atoms with Gasteiger partial charge in [-0.15, -0.1) is 0 Å². The van der Waals surface area contributed by atoms with Crippen molar-refractivity contribution in [2.24, 2.45) is 0 Å². The number of hydrogen-bond donors (Lipinski definition) is 0. The summed E-state index contributed by atoms with van der Waals surface area (Å²) in [5, 5.41) is 1.60. The molecule has 5 heteroatoms. The van der Waals surface area contributed by atoms with Gasteiger partial charge < -0.3 is 4.43 Å². The topological polar surface area (TPSA) is 12.2 Å². The molecule has 2 aromatic rings. The molecule has 1 aliphatic rings. The first-order valence-corrected chi connectivity index (χ1v) is 14.5. The normalized spacial score (nSPS) is 22.4. The quantitative estimate of drug-likeness (QED) is 0.303. The molecule has 1 aliphatic heterocycles. The van der Waals surface area contributed by atoms with E-state index in [-0.39, 0.29) is 16.7 Å². The molecule has 30 heavy (non-hydrogen) atoms. The van der Waals surface area contributed by atoms with Crippen molar-refractivity contribution in [2.45, 2.75) is 76.9 Å². The largest absolute Gasteiger partial charge is 0.408 e. The highest BCUT2D eigenvalue weighted by Crippen LogP contribution is 2.52. The molecule has 1 unspecified atom stereocenters. The molecule has 3 rings (SSSR count). The first-order chi connectivity index (χ1) is 13.9. The summed E-state index contributed by atoms with van der Waals surface area (Å²) in [4.78, 5) is 2.58. The Balaban J connectivity index is 2.17. The summed E-state index contributed by atoms with van der Waals surface area (Å²) in [5.41, 5.74) is 2.05. The van der Waals surface area contributed by atoms with Gasteiger partial charge in [-0.25, -0.2) is 0 Å². The molecule has 0 saturated carbocycles. The fourth-order valence-electron chi connectivity index (χ4n) is 4.00. The number of nitrogens with zero attached hydrogens (tertiary/aromatic N) is 1. The Hall–Kier alpha value is -0.843. The standard InChI is InChI=1S/C25H35Cl2NOSi/c1-8-22-17-28(22)25(5,19-12-14-20(26)15-13-19)23(18-10-9-11-21(27)16-18)29-30(6,7)24(2,3)4/h9-16,22-23H,8,17H2,1-7H3/t22?,23-,25-,28+/m1/s1. The number of benzene rings is 2. The zero-order valence-electron chi connectivity index (χ0n) is 19.3. The zero-order valence-corrected chi connectivity index (χ0v) is 21.8. The summed E-state index contributed by atoms with van der Waals surface area (Å²) in [7, 11) is -2.07. The van der Waals surface area contributed by atoms with E-state index < -0.39 is 8.32 Å². The third kappa shape index (κ3) is 4.66. The van der Waals surface area contributed by atoms with E-state index in [1.165, 1.54) is 5.56 Å². The Morgan fingerprint density at radius 1 is 1.03 bits per heavy atom. The van der Waals surface area contributed by atoms with Crippen LogP contribution in [0.5, 0.6) is 0 Å². The Kier molecular flexibility index (Phi) is 6.82. The minimum Gasteiger partial charge on any atom is -0.408 e. The molecule has 164 valence electrons. The van der Waals surface area contributed by atoms with Crippen molar-refractivity contribution in [3.63, 3.8) is 0 Å². The Morgan fingerprint density at radius 3 is 2.17 bits per heavy atom. The van der Waals surface area contributed by atoms with E-state index in [4.69, 9.17) is 27.6 Å². The molecule has 4 atom stereocenters. The molecule has 0 aromatic heterocycles. The Labute approximate surface area is 193 Å². The number of halogens is 2. The van der Waals surface area contributed by atoms with E-state index in [1.807, 2.05) is 24.3 Å². The van der Waals surface area contributed by atoms with Crippen LogP contribution in [0.25, 0.3) is 0 Å². The molecule has 0 bridgehead atoms. The lowest BCUT2D eigenvalue weighted by molar-refractivity contribution is 0.0320. The molecule has 0 spiro atoms. The average Bonchev–Trinajstić information content (AvgIpc) is 3.46. The van der Waals surface area contributed by atoms with Crippen LogP contribution in [-0.2, 0) is 9.96 Å². The molecule has 0 N–H and O–H groups in total. The van der Waals surface area contributed by atoms with Gasteiger partial charge >= 0.3 is 0 Å². The summed E-state index contributed by atoms with van der Waals surface area (Å²) in [6.45, 7) is 17.2. The molecule has 0 amide bonds. The van der Waals surface area contributed by atoms with Gasteiger partial charge in [0.25, 0.3) is 0 Å². The summed E-state index contributed by atoms with van der Waals surface area (Å²) in [6.07, 6.45) is 1.00. The second-order valence-electron chi connectivity index (χ2n) is 10.2. The molecule has 0 radical (unpaired) electrons. The van der Waals surface area contributed by atoms with Gasteiger partial charge in [0.05, 0.1) is 11.6 Å². The van der Waals surface area contributed by atoms with Crippen molar-refractivity contribution in [1.29, 1.82) is 0 Å². The maximum Gasteiger partial charge on any atom is 0.193 e. The smallest absolute Gasteiger partial charge is 0.193 e. The number of hydrogen-bond acceptors (Lipinski definition) is 2. The SMILES string of the molecule is CCC1C[N@]1[C@](C)(c1ccc(Cl)cc1)[C@H](O[Si](C)(C)C(C)(C)C)c1cccc(Cl)c1. The molecule has 1 heterocycles. The van der Waals surface area contributed by atoms with Gasteiger partial charge in [0, 0.05) is 22.6 Å². The fourth-order valence-corrected chi connectivity index (χ4v) is 5.63. The third-order valence-corrected chi connectivity index (χ3v) is 12.0. The molecule has 1 fully saturated rings. The van der Waals surface area contributed by atoms with Gasteiger partial charge in [0.1, 0.15) is 0 Å². The van der Waals surface area contributed by atoms with Crippen molar-refractivity contribution in [1.82, 2.24) is 4.90 Å². The lowest BCUT2D eigenvalue weighted by atomic mass is 9.82. The van der Waals surface area contributed by atoms with Crippen LogP contribution in [0.2, 0.25) is 28.2 Å². The van der Waals surface area contributed by atoms with Gasteiger partial charge in [-0.1, -0.05) is 75.2 Å². The van der Waals surface area contributed by atoms with Crippen LogP contribution in [0.3, 0.4) is 0 Å². The van der Waals surface area contributed by atoms with Crippen LogP contribution in [0.15, 0.2) is 48.5 Å². The van der Waals surface area contributed by atoms with Gasteiger partial charge in [0.2, 0.25) is 0 Å². The average molecular weight is 465 g/mol. The van der Waals surface area contributed by atoms with E-state index in [0.717, 1.165) is 28.6 Å². The van der Waals surface area contributed by atoms with Crippen molar-refractivity contribution in [2.75, 3.05) is 6.54 Å². The molecular formula is C25H35Cl2NOSi. The monoisotopic (exact) mass is 463 g/mol. The van der Waals surface area contributed by atoms with E-state index in [0.29, 0.717) is 6.04 Å². The van der Waals surface area contributed by atoms with Crippen molar-refractivity contribution < 1.29 is 4.43 Å². The minimum atomic E-state index is -2.07. The fraction of sp³-hybridized carbons (Fsp3) is 0.520. The summed E-state index contributed by atoms with van der Waals surface area (Å²) >= 11 is 12.7. The van der Waals surface area contributed by atoms with Crippen LogP contribution in [0.1, 0.15) is 58.3 Å². The van der Waals surface area contributed by atoms with Crippen LogP contribution < -0.4 is 0 Å². The van der Waals surface area contributed by atoms with Crippen molar-refractivity contribution in [3.8, 4) is 0 Å². The van der Waals surface area contributed by atoms with Crippen LogP contribution >= 0.6 is 23.2 Å². The summed E-state index contributed by atoms with van der Waals surface area (Å²) in [6, 6.07) is 17.0. The van der Waals surface area contributed by atoms with Gasteiger partial charge in [-0.3, -0.25) is 4.90 Å². The van der Waals surface area contributed by atoms with Crippen LogP contribution in [0, 0.1) is 0 Å². The lowest BCUT2D eigenvalue weighted by Crippen LogP contribution is -2.49. The first kappa shape index (κ1) is 23.8. The van der Waals surface area contributed by atoms with E-state index in [2.05, 4.69) is 76.9 Å². The third-order valence-electron chi connectivity index (χ3n) is 7.09. The van der Waals surface area contributed by atoms with E-state index >= 15 is 0 Å². The molecule has 2 nitrogen and oxygen atoms in total. The molecule has 2 aromatic carbocycles. The van der Waals surface area contributed by atoms with E-state index in [1.54, 1.807) is 0 Å². The van der Waals surface area contributed by atoms with Gasteiger partial charge in [-0.2, -0.15) is 0 Å². The Morgan fingerprint density at radius 2 is 1.67 bits per heavy atom. The maximum atomic E-state index is 7.19. The van der Waals surface area contributed by atoms with Gasteiger partial charge in [0.15, 0.2) is 8.32 Å². The maximum absolute atomic E-state index is 7.19. The molecule has 1 saturated heterocycles. The Bertz CT molecular complexity index is 877. The first-order valence-electron chi connectivity index (χ1n) is 10.9. The second kappa shape index (κ2) is 8.59. The predicted octanol–water partition coefficient (Wildman–Crippen LogP) is 8.07. The summed E-state index contributed by atoms with van der Waals surface area (Å²) < 4.78 is 7.19. The minimum absolute atomic E-state index is 0.105. The van der Waals surface area contributed by atoms with Crippen LogP contribution in [0.4, 0.5) is 0 Å². The van der Waals surface area contributed by atoms with Crippen molar-refractivity contribution in [3.05, 3.63) is 69.7 Å². The highest BCUT2D eigenvalue weighted by molar-refractivity contribution is 6.74. The highest BCUT2D eigenvalue weighted by Gasteiger charge is 2.54. The number of rotatable bonds is 7.